The van der Waals surface area contributed by atoms with Gasteiger partial charge in [-0.15, -0.1) is 0 Å². The number of benzene rings is 1. The highest BCUT2D eigenvalue weighted by atomic mass is 19.1. The van der Waals surface area contributed by atoms with Crippen molar-refractivity contribution in [3.63, 3.8) is 0 Å². The van der Waals surface area contributed by atoms with Crippen molar-refractivity contribution >= 4 is 11.8 Å². The molecule has 0 aliphatic carbocycles. The van der Waals surface area contributed by atoms with Gasteiger partial charge in [-0.25, -0.2) is 4.39 Å². The quantitative estimate of drug-likeness (QED) is 0.788. The van der Waals surface area contributed by atoms with Gasteiger partial charge in [0.1, 0.15) is 5.82 Å². The van der Waals surface area contributed by atoms with Crippen LogP contribution < -0.4 is 11.1 Å². The molecule has 0 saturated carbocycles. The van der Waals surface area contributed by atoms with Gasteiger partial charge in [-0.3, -0.25) is 19.8 Å². The minimum Gasteiger partial charge on any atom is -0.326 e. The predicted molar refractivity (Wildman–Crippen MR) is 71.9 cm³/mol. The summed E-state index contributed by atoms with van der Waals surface area (Å²) in [4.78, 5) is 25.0. The Labute approximate surface area is 116 Å². The van der Waals surface area contributed by atoms with Crippen LogP contribution in [0.5, 0.6) is 0 Å². The molecule has 3 N–H and O–H groups in total. The number of amides is 2. The van der Waals surface area contributed by atoms with Gasteiger partial charge in [0.05, 0.1) is 12.6 Å². The van der Waals surface area contributed by atoms with Crippen molar-refractivity contribution < 1.29 is 14.0 Å². The third kappa shape index (κ3) is 3.02. The maximum atomic E-state index is 13.4. The van der Waals surface area contributed by atoms with E-state index in [9.17, 15) is 14.0 Å². The van der Waals surface area contributed by atoms with Crippen molar-refractivity contribution in [3.8, 4) is 0 Å². The molecule has 108 valence electrons. The van der Waals surface area contributed by atoms with Crippen LogP contribution in [0, 0.1) is 5.82 Å². The van der Waals surface area contributed by atoms with E-state index in [0.717, 1.165) is 5.56 Å². The van der Waals surface area contributed by atoms with Crippen molar-refractivity contribution in [1.82, 2.24) is 10.2 Å². The number of nitrogens with two attached hydrogens (primary N) is 1. The van der Waals surface area contributed by atoms with Crippen LogP contribution in [0.2, 0.25) is 0 Å². The van der Waals surface area contributed by atoms with Crippen molar-refractivity contribution in [2.24, 2.45) is 5.73 Å². The van der Waals surface area contributed by atoms with Gasteiger partial charge < -0.3 is 5.73 Å². The zero-order valence-electron chi connectivity index (χ0n) is 11.4. The Morgan fingerprint density at radius 3 is 2.80 bits per heavy atom. The molecule has 6 heteroatoms. The van der Waals surface area contributed by atoms with Crippen molar-refractivity contribution in [2.45, 2.75) is 32.5 Å². The molecule has 0 aromatic heterocycles. The van der Waals surface area contributed by atoms with E-state index in [1.165, 1.54) is 12.1 Å². The molecule has 1 aromatic carbocycles. The standard InChI is InChI=1S/C14H18FN3O2/c1-2-12-14(20)17-13(19)8-18(12)7-10-5-11(15)4-3-9(10)6-16/h3-5,12H,2,6-8,16H2,1H3,(H,17,19,20). The van der Waals surface area contributed by atoms with E-state index in [-0.39, 0.29) is 30.2 Å². The van der Waals surface area contributed by atoms with E-state index in [0.29, 0.717) is 25.1 Å². The lowest BCUT2D eigenvalue weighted by Gasteiger charge is -2.33. The molecule has 5 nitrogen and oxygen atoms in total. The van der Waals surface area contributed by atoms with E-state index >= 15 is 0 Å². The first-order valence-electron chi connectivity index (χ1n) is 6.60. The highest BCUT2D eigenvalue weighted by molar-refractivity contribution is 6.01. The van der Waals surface area contributed by atoms with Crippen LogP contribution in [0.4, 0.5) is 4.39 Å². The molecule has 0 bridgehead atoms. The molecule has 1 unspecified atom stereocenters. The number of halogens is 1. The zero-order valence-corrected chi connectivity index (χ0v) is 11.4. The number of carbonyl (C=O) groups is 2. The molecule has 1 aliphatic heterocycles. The highest BCUT2D eigenvalue weighted by Gasteiger charge is 2.32. The zero-order chi connectivity index (χ0) is 14.7. The molecule has 2 rings (SSSR count). The Bertz CT molecular complexity index is 533. The first kappa shape index (κ1) is 14.6. The minimum atomic E-state index is -0.374. The van der Waals surface area contributed by atoms with Crippen LogP contribution in [0.15, 0.2) is 18.2 Å². The fraction of sp³-hybridized carbons (Fsp3) is 0.429. The average molecular weight is 279 g/mol. The average Bonchev–Trinajstić information content (AvgIpc) is 2.38. The number of hydrogen-bond acceptors (Lipinski definition) is 4. The first-order valence-corrected chi connectivity index (χ1v) is 6.60. The fourth-order valence-corrected chi connectivity index (χ4v) is 2.49. The molecule has 20 heavy (non-hydrogen) atoms. The molecule has 1 fully saturated rings. The Morgan fingerprint density at radius 2 is 2.15 bits per heavy atom. The molecule has 1 aliphatic rings. The summed E-state index contributed by atoms with van der Waals surface area (Å²) in [7, 11) is 0. The number of hydrogen-bond donors (Lipinski definition) is 2. The predicted octanol–water partition coefficient (Wildman–Crippen LogP) is 0.521. The van der Waals surface area contributed by atoms with Gasteiger partial charge in [-0.2, -0.15) is 0 Å². The van der Waals surface area contributed by atoms with Gasteiger partial charge in [-0.1, -0.05) is 13.0 Å². The second-order valence-electron chi connectivity index (χ2n) is 4.86. The highest BCUT2D eigenvalue weighted by Crippen LogP contribution is 2.18. The Kier molecular flexibility index (Phi) is 4.46. The van der Waals surface area contributed by atoms with Gasteiger partial charge >= 0.3 is 0 Å². The smallest absolute Gasteiger partial charge is 0.243 e. The molecule has 2 amide bonds. The van der Waals surface area contributed by atoms with E-state index in [4.69, 9.17) is 5.73 Å². The summed E-state index contributed by atoms with van der Waals surface area (Å²) >= 11 is 0. The number of imide groups is 1. The Morgan fingerprint density at radius 1 is 1.40 bits per heavy atom. The maximum Gasteiger partial charge on any atom is 0.243 e. The lowest BCUT2D eigenvalue weighted by Crippen LogP contribution is -2.57. The topological polar surface area (TPSA) is 75.4 Å². The van der Waals surface area contributed by atoms with Crippen molar-refractivity contribution in [1.29, 1.82) is 0 Å². The van der Waals surface area contributed by atoms with Crippen molar-refractivity contribution in [2.75, 3.05) is 6.54 Å². The fourth-order valence-electron chi connectivity index (χ4n) is 2.49. The minimum absolute atomic E-state index is 0.130. The largest absolute Gasteiger partial charge is 0.326 e. The normalized spacial score (nSPS) is 20.1. The molecule has 0 radical (unpaired) electrons. The Balaban J connectivity index is 2.25. The van der Waals surface area contributed by atoms with Gasteiger partial charge in [-0.05, 0) is 29.7 Å². The molecule has 1 aromatic rings. The number of piperazine rings is 1. The summed E-state index contributed by atoms with van der Waals surface area (Å²) in [5.74, 6) is -0.974. The summed E-state index contributed by atoms with van der Waals surface area (Å²) in [5.41, 5.74) is 7.18. The molecule has 1 atom stereocenters. The van der Waals surface area contributed by atoms with Crippen LogP contribution in [0.3, 0.4) is 0 Å². The van der Waals surface area contributed by atoms with Gasteiger partial charge in [0, 0.05) is 13.1 Å². The van der Waals surface area contributed by atoms with Gasteiger partial charge in [0.25, 0.3) is 0 Å². The second kappa shape index (κ2) is 6.11. The monoisotopic (exact) mass is 279 g/mol. The number of nitrogens with zero attached hydrogens (tertiary/aromatic N) is 1. The van der Waals surface area contributed by atoms with E-state index in [1.807, 2.05) is 6.92 Å². The molecular weight excluding hydrogens is 261 g/mol. The van der Waals surface area contributed by atoms with Crippen molar-refractivity contribution in [3.05, 3.63) is 35.1 Å². The SMILES string of the molecule is CCC1C(=O)NC(=O)CN1Cc1cc(F)ccc1CN. The number of carbonyl (C=O) groups excluding carboxylic acids is 2. The molecule has 0 spiro atoms. The summed E-state index contributed by atoms with van der Waals surface area (Å²) in [6, 6.07) is 4.03. The van der Waals surface area contributed by atoms with Crippen LogP contribution in [0.25, 0.3) is 0 Å². The third-order valence-corrected chi connectivity index (χ3v) is 3.50. The lowest BCUT2D eigenvalue weighted by molar-refractivity contribution is -0.140. The summed E-state index contributed by atoms with van der Waals surface area (Å²) < 4.78 is 13.4. The van der Waals surface area contributed by atoms with E-state index in [2.05, 4.69) is 5.32 Å². The summed E-state index contributed by atoms with van der Waals surface area (Å²) in [6.07, 6.45) is 0.590. The third-order valence-electron chi connectivity index (χ3n) is 3.50. The summed E-state index contributed by atoms with van der Waals surface area (Å²) in [6.45, 7) is 2.63. The molecule has 1 saturated heterocycles. The van der Waals surface area contributed by atoms with Crippen LogP contribution in [-0.4, -0.2) is 29.3 Å². The van der Waals surface area contributed by atoms with Gasteiger partial charge in [0.15, 0.2) is 0 Å². The van der Waals surface area contributed by atoms with Crippen LogP contribution in [-0.2, 0) is 22.7 Å². The van der Waals surface area contributed by atoms with Crippen LogP contribution in [0.1, 0.15) is 24.5 Å². The van der Waals surface area contributed by atoms with Gasteiger partial charge in [0.2, 0.25) is 11.8 Å². The molecular formula is C14H18FN3O2. The number of nitrogens with one attached hydrogen (secondary N) is 1. The van der Waals surface area contributed by atoms with E-state index in [1.54, 1.807) is 11.0 Å². The first-order chi connectivity index (χ1) is 9.55. The second-order valence-corrected chi connectivity index (χ2v) is 4.86. The molecule has 1 heterocycles. The maximum absolute atomic E-state index is 13.4. The van der Waals surface area contributed by atoms with E-state index < -0.39 is 0 Å². The Hall–Kier alpha value is -1.79. The lowest BCUT2D eigenvalue weighted by atomic mass is 10.0. The summed E-state index contributed by atoms with van der Waals surface area (Å²) in [5, 5.41) is 2.32. The van der Waals surface area contributed by atoms with Crippen LogP contribution >= 0.6 is 0 Å². The number of rotatable bonds is 4.